The summed E-state index contributed by atoms with van der Waals surface area (Å²) in [7, 11) is 0. The number of carboxylic acids is 1. The topological polar surface area (TPSA) is 91.4 Å². The van der Waals surface area contributed by atoms with Crippen molar-refractivity contribution in [1.29, 1.82) is 0 Å². The number of ether oxygens (including phenoxy) is 1. The van der Waals surface area contributed by atoms with E-state index in [0.29, 0.717) is 39.9 Å². The molecule has 2 heterocycles. The number of anilines is 1. The number of aliphatic carboxylic acids is 1. The second-order valence-electron chi connectivity index (χ2n) is 10.1. The summed E-state index contributed by atoms with van der Waals surface area (Å²) in [6.45, 7) is 0.0259. The third-order valence-electron chi connectivity index (χ3n) is 7.34. The minimum Gasteiger partial charge on any atom is -0.549 e. The van der Waals surface area contributed by atoms with Gasteiger partial charge >= 0.3 is 41.8 Å². The molecule has 6 nitrogen and oxygen atoms in total. The summed E-state index contributed by atoms with van der Waals surface area (Å²) < 4.78 is 45.5. The van der Waals surface area contributed by atoms with Crippen molar-refractivity contribution in [1.82, 2.24) is 4.98 Å². The molecule has 43 heavy (non-hydrogen) atoms. The van der Waals surface area contributed by atoms with Gasteiger partial charge in [-0.25, -0.2) is 9.78 Å². The number of carboxylic acid groups (broad SMARTS) is 1. The Labute approximate surface area is 270 Å². The van der Waals surface area contributed by atoms with Crippen molar-refractivity contribution in [3.05, 3.63) is 108 Å². The van der Waals surface area contributed by atoms with Crippen LogP contribution in [0.15, 0.2) is 91.0 Å². The van der Waals surface area contributed by atoms with E-state index < -0.39 is 29.3 Å². The molecule has 1 fully saturated rings. The predicted molar refractivity (Wildman–Crippen MR) is 152 cm³/mol. The minimum atomic E-state index is -4.61. The van der Waals surface area contributed by atoms with E-state index in [-0.39, 0.29) is 41.0 Å². The SMILES string of the molecule is O=C(Nc1c(-c2ccc(-c3ccc(C4(C(=O)[O-])CC4)cc3)cc2)sc2nc(C(F)(F)F)ccc12)OCc1ccccc1.[Na+]. The molecule has 0 bridgehead atoms. The van der Waals surface area contributed by atoms with Gasteiger partial charge in [-0.15, -0.1) is 11.3 Å². The number of halogens is 3. The van der Waals surface area contributed by atoms with Crippen LogP contribution in [0.1, 0.15) is 29.7 Å². The Kier molecular flexibility index (Phi) is 8.67. The molecule has 0 unspecified atom stereocenters. The fourth-order valence-electron chi connectivity index (χ4n) is 4.86. The van der Waals surface area contributed by atoms with Gasteiger partial charge in [0.05, 0.1) is 16.5 Å². The smallest absolute Gasteiger partial charge is 0.549 e. The number of benzene rings is 3. The zero-order chi connectivity index (χ0) is 29.5. The Balaban J connectivity index is 0.00000368. The first-order valence-electron chi connectivity index (χ1n) is 13.1. The van der Waals surface area contributed by atoms with Crippen molar-refractivity contribution < 1.29 is 62.2 Å². The van der Waals surface area contributed by atoms with Gasteiger partial charge in [0.25, 0.3) is 0 Å². The summed E-state index contributed by atoms with van der Waals surface area (Å²) in [5.41, 5.74) is 2.29. The Bertz CT molecular complexity index is 1790. The standard InChI is InChI=1S/C32H23F3N2O4S.Na/c33-32(34,35)25-15-14-24-26(37-30(40)41-18-19-4-2-1-3-5-19)27(42-28(24)36-25)22-8-6-20(7-9-22)21-10-12-23(13-11-21)31(16-17-31)29(38)39;/h1-15H,16-18H2,(H,37,40)(H,38,39);/q;+1/p-1. The van der Waals surface area contributed by atoms with Gasteiger partial charge in [0.15, 0.2) is 0 Å². The fraction of sp³-hybridized carbons (Fsp3) is 0.156. The number of thiophene rings is 1. The molecule has 0 radical (unpaired) electrons. The minimum absolute atomic E-state index is 0. The van der Waals surface area contributed by atoms with E-state index in [2.05, 4.69) is 10.3 Å². The molecule has 11 heteroatoms. The van der Waals surface area contributed by atoms with Gasteiger partial charge < -0.3 is 14.6 Å². The second-order valence-corrected chi connectivity index (χ2v) is 11.1. The summed E-state index contributed by atoms with van der Waals surface area (Å²) in [4.78, 5) is 28.8. The zero-order valence-corrected chi connectivity index (χ0v) is 25.7. The summed E-state index contributed by atoms with van der Waals surface area (Å²) in [5.74, 6) is -1.06. The first-order valence-corrected chi connectivity index (χ1v) is 13.9. The molecule has 0 saturated heterocycles. The summed E-state index contributed by atoms with van der Waals surface area (Å²) in [6.07, 6.45) is -4.23. The van der Waals surface area contributed by atoms with E-state index in [1.807, 2.05) is 66.7 Å². The molecule has 2 aromatic heterocycles. The summed E-state index contributed by atoms with van der Waals surface area (Å²) >= 11 is 1.04. The largest absolute Gasteiger partial charge is 1.00 e. The predicted octanol–water partition coefficient (Wildman–Crippen LogP) is 4.18. The summed E-state index contributed by atoms with van der Waals surface area (Å²) in [6, 6.07) is 25.9. The second kappa shape index (κ2) is 12.1. The van der Waals surface area contributed by atoms with Crippen LogP contribution in [0.2, 0.25) is 0 Å². The van der Waals surface area contributed by atoms with Gasteiger partial charge in [-0.3, -0.25) is 5.32 Å². The molecular weight excluding hydrogens is 588 g/mol. The number of carbonyl (C=O) groups is 2. The molecule has 6 rings (SSSR count). The van der Waals surface area contributed by atoms with Crippen molar-refractivity contribution in [3.63, 3.8) is 0 Å². The van der Waals surface area contributed by atoms with Crippen LogP contribution < -0.4 is 40.0 Å². The first kappa shape index (κ1) is 30.7. The molecule has 0 atom stereocenters. The van der Waals surface area contributed by atoms with Gasteiger partial charge in [-0.1, -0.05) is 78.9 Å². The van der Waals surface area contributed by atoms with Crippen molar-refractivity contribution in [2.75, 3.05) is 5.32 Å². The molecule has 0 spiro atoms. The maximum absolute atomic E-state index is 13.4. The average molecular weight is 611 g/mol. The molecule has 1 aliphatic carbocycles. The van der Waals surface area contributed by atoms with Gasteiger partial charge in [0.1, 0.15) is 17.1 Å². The quantitative estimate of drug-likeness (QED) is 0.279. The van der Waals surface area contributed by atoms with Crippen LogP contribution in [-0.2, 0) is 27.7 Å². The number of nitrogens with one attached hydrogen (secondary N) is 1. The van der Waals surface area contributed by atoms with Crippen LogP contribution >= 0.6 is 11.3 Å². The van der Waals surface area contributed by atoms with E-state index in [1.54, 1.807) is 12.1 Å². The van der Waals surface area contributed by atoms with Crippen LogP contribution in [-0.4, -0.2) is 17.0 Å². The number of hydrogen-bond donors (Lipinski definition) is 1. The fourth-order valence-corrected chi connectivity index (χ4v) is 5.99. The van der Waals surface area contributed by atoms with Gasteiger partial charge in [0.2, 0.25) is 0 Å². The molecule has 212 valence electrons. The molecule has 1 aliphatic rings. The third kappa shape index (κ3) is 6.33. The molecule has 5 aromatic rings. The van der Waals surface area contributed by atoms with Crippen LogP contribution in [0.5, 0.6) is 0 Å². The van der Waals surface area contributed by atoms with Gasteiger partial charge in [0, 0.05) is 10.8 Å². The van der Waals surface area contributed by atoms with E-state index in [1.165, 1.54) is 6.07 Å². The number of pyridine rings is 1. The number of hydrogen-bond acceptors (Lipinski definition) is 6. The normalized spacial score (nSPS) is 13.7. The van der Waals surface area contributed by atoms with E-state index in [9.17, 15) is 27.9 Å². The number of nitrogens with zero attached hydrogens (tertiary/aromatic N) is 1. The Morgan fingerprint density at radius 1 is 0.884 bits per heavy atom. The Hall–Kier alpha value is -3.70. The summed E-state index contributed by atoms with van der Waals surface area (Å²) in [5, 5.41) is 14.6. The van der Waals surface area contributed by atoms with Crippen LogP contribution in [0.25, 0.3) is 31.8 Å². The molecule has 1 N–H and O–H groups in total. The number of amides is 1. The molecule has 1 amide bonds. The molecular formula is C32H22F3N2NaO4S. The van der Waals surface area contributed by atoms with Crippen molar-refractivity contribution in [2.45, 2.75) is 31.0 Å². The molecule has 0 aliphatic heterocycles. The van der Waals surface area contributed by atoms with Gasteiger partial charge in [-0.05, 0) is 52.8 Å². The van der Waals surface area contributed by atoms with Crippen molar-refractivity contribution >= 4 is 39.3 Å². The number of aromatic nitrogens is 1. The maximum atomic E-state index is 13.4. The third-order valence-corrected chi connectivity index (χ3v) is 8.49. The zero-order valence-electron chi connectivity index (χ0n) is 22.9. The van der Waals surface area contributed by atoms with E-state index >= 15 is 0 Å². The number of alkyl halides is 3. The monoisotopic (exact) mass is 610 g/mol. The van der Waals surface area contributed by atoms with Crippen LogP contribution in [0, 0.1) is 0 Å². The first-order chi connectivity index (χ1) is 20.1. The van der Waals surface area contributed by atoms with E-state index in [4.69, 9.17) is 4.74 Å². The number of rotatable bonds is 7. The maximum Gasteiger partial charge on any atom is 1.00 e. The van der Waals surface area contributed by atoms with Crippen LogP contribution in [0.4, 0.5) is 23.7 Å². The number of fused-ring (bicyclic) bond motifs is 1. The average Bonchev–Trinajstić information content (AvgIpc) is 3.74. The van der Waals surface area contributed by atoms with Crippen molar-refractivity contribution in [3.8, 4) is 21.6 Å². The van der Waals surface area contributed by atoms with E-state index in [0.717, 1.165) is 34.1 Å². The van der Waals surface area contributed by atoms with Crippen molar-refractivity contribution in [2.24, 2.45) is 0 Å². The molecule has 1 saturated carbocycles. The van der Waals surface area contributed by atoms with Crippen LogP contribution in [0.3, 0.4) is 0 Å². The molecule has 3 aromatic carbocycles. The van der Waals surface area contributed by atoms with Gasteiger partial charge in [-0.2, -0.15) is 13.2 Å². The Morgan fingerprint density at radius 2 is 1.49 bits per heavy atom. The number of carbonyl (C=O) groups excluding carboxylic acids is 2. The Morgan fingerprint density at radius 3 is 2.07 bits per heavy atom.